The molecule has 1 nitrogen and oxygen atoms in total. The Morgan fingerprint density at radius 2 is 2.09 bits per heavy atom. The van der Waals surface area contributed by atoms with Gasteiger partial charge in [-0.15, -0.1) is 12.3 Å². The molecule has 0 aliphatic rings. The molecule has 0 aromatic rings. The van der Waals surface area contributed by atoms with Crippen molar-refractivity contribution in [2.24, 2.45) is 5.92 Å². The lowest BCUT2D eigenvalue weighted by atomic mass is 9.97. The van der Waals surface area contributed by atoms with E-state index in [2.05, 4.69) is 32.0 Å². The Morgan fingerprint density at radius 3 is 2.45 bits per heavy atom. The summed E-state index contributed by atoms with van der Waals surface area (Å²) in [6.45, 7) is 7.57. The monoisotopic (exact) mass is 153 g/mol. The van der Waals surface area contributed by atoms with Crippen LogP contribution in [0.25, 0.3) is 0 Å². The number of nitrogens with one attached hydrogen (secondary N) is 1. The molecule has 2 atom stereocenters. The van der Waals surface area contributed by atoms with E-state index in [9.17, 15) is 0 Å². The van der Waals surface area contributed by atoms with Crippen LogP contribution < -0.4 is 5.32 Å². The molecule has 0 fully saturated rings. The first-order valence-corrected chi connectivity index (χ1v) is 4.43. The van der Waals surface area contributed by atoms with E-state index in [4.69, 9.17) is 6.42 Å². The largest absolute Gasteiger partial charge is 0.313 e. The van der Waals surface area contributed by atoms with Crippen molar-refractivity contribution in [2.75, 3.05) is 6.54 Å². The summed E-state index contributed by atoms with van der Waals surface area (Å²) < 4.78 is 0. The molecule has 0 spiro atoms. The number of hydrogen-bond acceptors (Lipinski definition) is 1. The van der Waals surface area contributed by atoms with E-state index in [0.717, 1.165) is 13.0 Å². The minimum absolute atomic E-state index is 0.509. The second kappa shape index (κ2) is 6.24. The quantitative estimate of drug-likeness (QED) is 0.596. The zero-order valence-corrected chi connectivity index (χ0v) is 7.85. The highest BCUT2D eigenvalue weighted by Gasteiger charge is 2.12. The minimum Gasteiger partial charge on any atom is -0.313 e. The Morgan fingerprint density at radius 1 is 1.45 bits per heavy atom. The van der Waals surface area contributed by atoms with Gasteiger partial charge < -0.3 is 5.32 Å². The van der Waals surface area contributed by atoms with E-state index in [1.54, 1.807) is 0 Å². The predicted molar refractivity (Wildman–Crippen MR) is 50.4 cm³/mol. The van der Waals surface area contributed by atoms with Crippen LogP contribution >= 0.6 is 0 Å². The number of terminal acetylenes is 1. The summed E-state index contributed by atoms with van der Waals surface area (Å²) in [5.74, 6) is 3.39. The maximum absolute atomic E-state index is 5.26. The van der Waals surface area contributed by atoms with Gasteiger partial charge in [-0.2, -0.15) is 0 Å². The molecule has 0 aromatic heterocycles. The number of rotatable bonds is 5. The van der Waals surface area contributed by atoms with Gasteiger partial charge in [0.25, 0.3) is 0 Å². The van der Waals surface area contributed by atoms with Crippen LogP contribution in [0, 0.1) is 18.3 Å². The van der Waals surface area contributed by atoms with Crippen LogP contribution in [0.3, 0.4) is 0 Å². The van der Waals surface area contributed by atoms with Crippen molar-refractivity contribution in [3.05, 3.63) is 0 Å². The van der Waals surface area contributed by atoms with E-state index >= 15 is 0 Å². The van der Waals surface area contributed by atoms with Crippen molar-refractivity contribution in [1.82, 2.24) is 5.32 Å². The molecular weight excluding hydrogens is 134 g/mol. The summed E-state index contributed by atoms with van der Waals surface area (Å²) in [4.78, 5) is 0. The second-order valence-electron chi connectivity index (χ2n) is 2.96. The lowest BCUT2D eigenvalue weighted by molar-refractivity contribution is 0.379. The van der Waals surface area contributed by atoms with Crippen LogP contribution in [0.1, 0.15) is 33.6 Å². The van der Waals surface area contributed by atoms with E-state index in [1.807, 2.05) is 0 Å². The fourth-order valence-electron chi connectivity index (χ4n) is 1.15. The molecule has 1 heteroatoms. The second-order valence-corrected chi connectivity index (χ2v) is 2.96. The average molecular weight is 153 g/mol. The summed E-state index contributed by atoms with van der Waals surface area (Å²) in [5.41, 5.74) is 0. The van der Waals surface area contributed by atoms with Crippen LogP contribution in [0.15, 0.2) is 0 Å². The van der Waals surface area contributed by atoms with Crippen molar-refractivity contribution in [1.29, 1.82) is 0 Å². The van der Waals surface area contributed by atoms with Crippen LogP contribution in [-0.2, 0) is 0 Å². The van der Waals surface area contributed by atoms with Gasteiger partial charge in [-0.25, -0.2) is 0 Å². The molecule has 2 unspecified atom stereocenters. The maximum atomic E-state index is 5.26. The van der Waals surface area contributed by atoms with Crippen molar-refractivity contribution in [3.63, 3.8) is 0 Å². The Bertz CT molecular complexity index is 123. The van der Waals surface area contributed by atoms with Crippen molar-refractivity contribution >= 4 is 0 Å². The van der Waals surface area contributed by atoms with E-state index < -0.39 is 0 Å². The molecule has 1 N–H and O–H groups in total. The molecule has 0 saturated carbocycles. The van der Waals surface area contributed by atoms with Gasteiger partial charge in [0, 0.05) is 12.5 Å². The summed E-state index contributed by atoms with van der Waals surface area (Å²) >= 11 is 0. The van der Waals surface area contributed by atoms with Crippen LogP contribution in [0.2, 0.25) is 0 Å². The lowest BCUT2D eigenvalue weighted by Crippen LogP contribution is -2.34. The Hall–Kier alpha value is -0.480. The van der Waals surface area contributed by atoms with Gasteiger partial charge in [0.05, 0.1) is 0 Å². The third-order valence-electron chi connectivity index (χ3n) is 2.13. The van der Waals surface area contributed by atoms with Gasteiger partial charge in [-0.1, -0.05) is 27.2 Å². The first-order valence-electron chi connectivity index (χ1n) is 4.43. The van der Waals surface area contributed by atoms with Crippen molar-refractivity contribution in [2.45, 2.75) is 39.7 Å². The highest BCUT2D eigenvalue weighted by atomic mass is 14.9. The zero-order valence-electron chi connectivity index (χ0n) is 7.85. The maximum Gasteiger partial charge on any atom is 0.0243 e. The smallest absolute Gasteiger partial charge is 0.0243 e. The normalized spacial score (nSPS) is 15.5. The minimum atomic E-state index is 0.509. The average Bonchev–Trinajstić information content (AvgIpc) is 2.03. The van der Waals surface area contributed by atoms with Gasteiger partial charge in [0.15, 0.2) is 0 Å². The molecule has 0 heterocycles. The van der Waals surface area contributed by atoms with Crippen molar-refractivity contribution < 1.29 is 0 Å². The summed E-state index contributed by atoms with van der Waals surface area (Å²) in [6, 6.07) is 0.509. The molecule has 0 aliphatic carbocycles. The Balaban J connectivity index is 3.78. The molecule has 0 saturated heterocycles. The summed E-state index contributed by atoms with van der Waals surface area (Å²) in [5, 5.41) is 3.39. The van der Waals surface area contributed by atoms with Gasteiger partial charge in [-0.05, 0) is 12.5 Å². The van der Waals surface area contributed by atoms with Crippen LogP contribution in [-0.4, -0.2) is 12.6 Å². The number of hydrogen-bond donors (Lipinski definition) is 1. The standard InChI is InChI=1S/C10H19N/c1-5-8-10(11-7-3)9(4)6-2/h1,9-11H,6-8H2,2-4H3. The predicted octanol–water partition coefficient (Wildman–Crippen LogP) is 2.03. The molecule has 0 aromatic carbocycles. The molecule has 0 radical (unpaired) electrons. The molecule has 0 bridgehead atoms. The molecule has 64 valence electrons. The molecule has 0 rings (SSSR count). The van der Waals surface area contributed by atoms with Gasteiger partial charge >= 0.3 is 0 Å². The SMILES string of the molecule is C#CCC(NCC)C(C)CC. The molecule has 0 aliphatic heterocycles. The third kappa shape index (κ3) is 4.06. The fourth-order valence-corrected chi connectivity index (χ4v) is 1.15. The fraction of sp³-hybridized carbons (Fsp3) is 0.800. The van der Waals surface area contributed by atoms with Gasteiger partial charge in [-0.3, -0.25) is 0 Å². The van der Waals surface area contributed by atoms with Crippen LogP contribution in [0.4, 0.5) is 0 Å². The molecule has 11 heavy (non-hydrogen) atoms. The molecular formula is C10H19N. The molecule has 0 amide bonds. The van der Waals surface area contributed by atoms with E-state index in [0.29, 0.717) is 12.0 Å². The van der Waals surface area contributed by atoms with Crippen LogP contribution in [0.5, 0.6) is 0 Å². The highest BCUT2D eigenvalue weighted by molar-refractivity contribution is 4.91. The lowest BCUT2D eigenvalue weighted by Gasteiger charge is -2.21. The van der Waals surface area contributed by atoms with Gasteiger partial charge in [0.1, 0.15) is 0 Å². The first-order chi connectivity index (χ1) is 5.26. The zero-order chi connectivity index (χ0) is 8.69. The Labute approximate surface area is 70.6 Å². The third-order valence-corrected chi connectivity index (χ3v) is 2.13. The van der Waals surface area contributed by atoms with Crippen molar-refractivity contribution in [3.8, 4) is 12.3 Å². The van der Waals surface area contributed by atoms with E-state index in [1.165, 1.54) is 6.42 Å². The summed E-state index contributed by atoms with van der Waals surface area (Å²) in [7, 11) is 0. The topological polar surface area (TPSA) is 12.0 Å². The van der Waals surface area contributed by atoms with Gasteiger partial charge in [0.2, 0.25) is 0 Å². The summed E-state index contributed by atoms with van der Waals surface area (Å²) in [6.07, 6.45) is 7.31. The van der Waals surface area contributed by atoms with E-state index in [-0.39, 0.29) is 0 Å². The first kappa shape index (κ1) is 10.5. The Kier molecular flexibility index (Phi) is 5.97. The highest BCUT2D eigenvalue weighted by Crippen LogP contribution is 2.09.